The molecule has 1 N–H and O–H groups in total. The zero-order valence-corrected chi connectivity index (χ0v) is 15.3. The van der Waals surface area contributed by atoms with Gasteiger partial charge in [0.05, 0.1) is 12.0 Å². The van der Waals surface area contributed by atoms with Crippen molar-refractivity contribution in [3.8, 4) is 0 Å². The summed E-state index contributed by atoms with van der Waals surface area (Å²) < 4.78 is 5.35. The molecule has 2 saturated carbocycles. The Balaban J connectivity index is 1.42. The Morgan fingerprint density at radius 2 is 1.92 bits per heavy atom. The van der Waals surface area contributed by atoms with Crippen molar-refractivity contribution in [1.82, 2.24) is 0 Å². The standard InChI is InChI=1S/C22H27NO3/c1-15-11-18-14-26-21(25)22(18,12-15)13-16-7-9-19(10-8-16)23-20(24)17-5-3-2-4-6-17/h7-10,17-18H,1-6,11-14H2,(H,23,24). The Morgan fingerprint density at radius 1 is 1.19 bits per heavy atom. The third kappa shape index (κ3) is 3.17. The van der Waals surface area contributed by atoms with Crippen molar-refractivity contribution in [2.24, 2.45) is 17.3 Å². The van der Waals surface area contributed by atoms with Crippen molar-refractivity contribution < 1.29 is 14.3 Å². The average molecular weight is 353 g/mol. The van der Waals surface area contributed by atoms with Crippen LogP contribution in [0.1, 0.15) is 50.5 Å². The van der Waals surface area contributed by atoms with Gasteiger partial charge in [0.15, 0.2) is 0 Å². The average Bonchev–Trinajstić information content (AvgIpc) is 3.12. The van der Waals surface area contributed by atoms with Crippen LogP contribution in [0.5, 0.6) is 0 Å². The van der Waals surface area contributed by atoms with Gasteiger partial charge in [0.1, 0.15) is 0 Å². The van der Waals surface area contributed by atoms with Crippen LogP contribution in [0.4, 0.5) is 5.69 Å². The summed E-state index contributed by atoms with van der Waals surface area (Å²) in [5.74, 6) is 0.479. The molecule has 0 bridgehead atoms. The number of carbonyl (C=O) groups excluding carboxylic acids is 2. The van der Waals surface area contributed by atoms with Crippen molar-refractivity contribution in [1.29, 1.82) is 0 Å². The highest BCUT2D eigenvalue weighted by molar-refractivity contribution is 5.92. The lowest BCUT2D eigenvalue weighted by Crippen LogP contribution is -2.31. The first-order valence-electron chi connectivity index (χ1n) is 9.80. The number of fused-ring (bicyclic) bond motifs is 1. The van der Waals surface area contributed by atoms with E-state index in [0.717, 1.165) is 55.3 Å². The van der Waals surface area contributed by atoms with E-state index in [1.807, 2.05) is 24.3 Å². The molecule has 0 radical (unpaired) electrons. The first-order chi connectivity index (χ1) is 12.6. The normalized spacial score (nSPS) is 28.7. The van der Waals surface area contributed by atoms with Crippen LogP contribution < -0.4 is 5.32 Å². The molecule has 1 aromatic carbocycles. The van der Waals surface area contributed by atoms with Crippen LogP contribution in [0, 0.1) is 17.3 Å². The van der Waals surface area contributed by atoms with Crippen LogP contribution in [0.15, 0.2) is 36.4 Å². The third-order valence-electron chi connectivity index (χ3n) is 6.42. The lowest BCUT2D eigenvalue weighted by atomic mass is 9.75. The highest BCUT2D eigenvalue weighted by atomic mass is 16.5. The molecule has 4 heteroatoms. The van der Waals surface area contributed by atoms with Crippen LogP contribution >= 0.6 is 0 Å². The Labute approximate surface area is 155 Å². The van der Waals surface area contributed by atoms with Crippen molar-refractivity contribution >= 4 is 17.6 Å². The topological polar surface area (TPSA) is 55.4 Å². The molecule has 2 aliphatic carbocycles. The second kappa shape index (κ2) is 6.90. The first kappa shape index (κ1) is 17.3. The molecule has 2 unspecified atom stereocenters. The fraction of sp³-hybridized carbons (Fsp3) is 0.545. The zero-order valence-electron chi connectivity index (χ0n) is 15.3. The summed E-state index contributed by atoms with van der Waals surface area (Å²) in [6.07, 6.45) is 7.86. The van der Waals surface area contributed by atoms with E-state index in [0.29, 0.717) is 13.0 Å². The van der Waals surface area contributed by atoms with Crippen LogP contribution in [0.2, 0.25) is 0 Å². The smallest absolute Gasteiger partial charge is 0.313 e. The van der Waals surface area contributed by atoms with Gasteiger partial charge in [-0.2, -0.15) is 0 Å². The molecule has 1 aliphatic heterocycles. The molecule has 4 rings (SSSR count). The van der Waals surface area contributed by atoms with Crippen LogP contribution in [0.25, 0.3) is 0 Å². The monoisotopic (exact) mass is 353 g/mol. The van der Waals surface area contributed by atoms with E-state index in [1.54, 1.807) is 0 Å². The summed E-state index contributed by atoms with van der Waals surface area (Å²) in [4.78, 5) is 24.8. The summed E-state index contributed by atoms with van der Waals surface area (Å²) in [6, 6.07) is 7.95. The predicted octanol–water partition coefficient (Wildman–Crippen LogP) is 4.26. The number of cyclic esters (lactones) is 1. The van der Waals surface area contributed by atoms with Crippen LogP contribution in [-0.2, 0) is 20.7 Å². The fourth-order valence-electron chi connectivity index (χ4n) is 4.94. The minimum atomic E-state index is -0.427. The van der Waals surface area contributed by atoms with E-state index < -0.39 is 5.41 Å². The maximum absolute atomic E-state index is 12.4. The van der Waals surface area contributed by atoms with E-state index in [1.165, 1.54) is 6.42 Å². The minimum Gasteiger partial charge on any atom is -0.465 e. The molecule has 1 aromatic rings. The number of ether oxygens (including phenoxy) is 1. The molecule has 138 valence electrons. The largest absolute Gasteiger partial charge is 0.465 e. The van der Waals surface area contributed by atoms with Crippen LogP contribution in [0.3, 0.4) is 0 Å². The number of hydrogen-bond acceptors (Lipinski definition) is 3. The van der Waals surface area contributed by atoms with E-state index >= 15 is 0 Å². The van der Waals surface area contributed by atoms with Gasteiger partial charge in [0.25, 0.3) is 0 Å². The number of anilines is 1. The molecule has 1 heterocycles. The maximum Gasteiger partial charge on any atom is 0.313 e. The quantitative estimate of drug-likeness (QED) is 0.650. The molecule has 1 saturated heterocycles. The number of rotatable bonds is 4. The van der Waals surface area contributed by atoms with Crippen molar-refractivity contribution in [2.45, 2.75) is 51.4 Å². The van der Waals surface area contributed by atoms with E-state index in [2.05, 4.69) is 11.9 Å². The van der Waals surface area contributed by atoms with Crippen molar-refractivity contribution in [3.63, 3.8) is 0 Å². The predicted molar refractivity (Wildman–Crippen MR) is 101 cm³/mol. The second-order valence-corrected chi connectivity index (χ2v) is 8.28. The molecule has 26 heavy (non-hydrogen) atoms. The van der Waals surface area contributed by atoms with Gasteiger partial charge < -0.3 is 10.1 Å². The number of carbonyl (C=O) groups is 2. The molecule has 0 aromatic heterocycles. The summed E-state index contributed by atoms with van der Waals surface area (Å²) >= 11 is 0. The minimum absolute atomic E-state index is 0.0733. The molecule has 1 amide bonds. The molecule has 3 aliphatic rings. The number of amides is 1. The van der Waals surface area contributed by atoms with E-state index in [-0.39, 0.29) is 23.7 Å². The SMILES string of the molecule is C=C1CC2COC(=O)C2(Cc2ccc(NC(=O)C3CCCCC3)cc2)C1. The number of hydrogen-bond donors (Lipinski definition) is 1. The van der Waals surface area contributed by atoms with E-state index in [9.17, 15) is 9.59 Å². The molecule has 2 atom stereocenters. The summed E-state index contributed by atoms with van der Waals surface area (Å²) in [7, 11) is 0. The number of allylic oxidation sites excluding steroid dienone is 1. The van der Waals surface area contributed by atoms with Gasteiger partial charge in [-0.25, -0.2) is 0 Å². The van der Waals surface area contributed by atoms with Gasteiger partial charge in [-0.3, -0.25) is 9.59 Å². The maximum atomic E-state index is 12.4. The van der Waals surface area contributed by atoms with Crippen molar-refractivity contribution in [3.05, 3.63) is 42.0 Å². The lowest BCUT2D eigenvalue weighted by molar-refractivity contribution is -0.146. The van der Waals surface area contributed by atoms with Gasteiger partial charge in [-0.05, 0) is 49.8 Å². The Morgan fingerprint density at radius 3 is 2.65 bits per heavy atom. The van der Waals surface area contributed by atoms with Gasteiger partial charge in [0, 0.05) is 17.5 Å². The fourth-order valence-corrected chi connectivity index (χ4v) is 4.94. The Hall–Kier alpha value is -2.10. The van der Waals surface area contributed by atoms with Crippen molar-refractivity contribution in [2.75, 3.05) is 11.9 Å². The Bertz CT molecular complexity index is 717. The van der Waals surface area contributed by atoms with Gasteiger partial charge in [-0.15, -0.1) is 0 Å². The highest BCUT2D eigenvalue weighted by Gasteiger charge is 2.55. The molecular weight excluding hydrogens is 326 g/mol. The van der Waals surface area contributed by atoms with Crippen LogP contribution in [-0.4, -0.2) is 18.5 Å². The zero-order chi connectivity index (χ0) is 18.1. The summed E-state index contributed by atoms with van der Waals surface area (Å²) in [6.45, 7) is 4.61. The molecule has 4 nitrogen and oxygen atoms in total. The molecule has 0 spiro atoms. The Kier molecular flexibility index (Phi) is 4.60. The van der Waals surface area contributed by atoms with E-state index in [4.69, 9.17) is 4.74 Å². The second-order valence-electron chi connectivity index (χ2n) is 8.28. The first-order valence-corrected chi connectivity index (χ1v) is 9.80. The summed E-state index contributed by atoms with van der Waals surface area (Å²) in [5, 5.41) is 3.05. The molecule has 3 fully saturated rings. The highest BCUT2D eigenvalue weighted by Crippen LogP contribution is 2.52. The number of nitrogens with one attached hydrogen (secondary N) is 1. The van der Waals surface area contributed by atoms with Gasteiger partial charge >= 0.3 is 5.97 Å². The van der Waals surface area contributed by atoms with Gasteiger partial charge in [0.2, 0.25) is 5.91 Å². The lowest BCUT2D eigenvalue weighted by Gasteiger charge is -2.24. The van der Waals surface area contributed by atoms with Gasteiger partial charge in [-0.1, -0.05) is 43.5 Å². The third-order valence-corrected chi connectivity index (χ3v) is 6.42. The molecular formula is C22H27NO3. The number of esters is 1. The number of benzene rings is 1. The summed E-state index contributed by atoms with van der Waals surface area (Å²) in [5.41, 5.74) is 2.68.